The minimum Gasteiger partial charge on any atom is -0.481 e. The minimum atomic E-state index is -3.55. The van der Waals surface area contributed by atoms with E-state index in [0.717, 1.165) is 0 Å². The van der Waals surface area contributed by atoms with Crippen molar-refractivity contribution < 1.29 is 27.5 Å². The molecule has 26 heavy (non-hydrogen) atoms. The van der Waals surface area contributed by atoms with E-state index in [2.05, 4.69) is 4.98 Å². The Morgan fingerprint density at radius 3 is 2.27 bits per heavy atom. The van der Waals surface area contributed by atoms with Gasteiger partial charge in [0.15, 0.2) is 0 Å². The maximum atomic E-state index is 13.4. The van der Waals surface area contributed by atoms with Crippen molar-refractivity contribution in [3.63, 3.8) is 0 Å². The standard InChI is InChI=1S/C16H28FN2O6P/c1-11(2)24-26(21,25-12(3)4)10-23-14(7-17)9-19-8-13(5)15(22-6)18-16(19)20/h8,11-12,14H,7,9-10H2,1-6H3/t14-/m1/s1. The van der Waals surface area contributed by atoms with E-state index in [4.69, 9.17) is 18.5 Å². The van der Waals surface area contributed by atoms with Gasteiger partial charge in [-0.15, -0.1) is 0 Å². The highest BCUT2D eigenvalue weighted by atomic mass is 31.2. The number of ether oxygens (including phenoxy) is 2. The first-order valence-corrected chi connectivity index (χ1v) is 10.1. The Kier molecular flexibility index (Phi) is 8.89. The molecule has 1 rings (SSSR count). The number of methoxy groups -OCH3 is 1. The third kappa shape index (κ3) is 7.15. The second kappa shape index (κ2) is 10.2. The van der Waals surface area contributed by atoms with E-state index in [1.807, 2.05) is 0 Å². The third-order valence-corrected chi connectivity index (χ3v) is 5.06. The molecule has 0 aliphatic rings. The second-order valence-electron chi connectivity index (χ2n) is 6.36. The second-order valence-corrected chi connectivity index (χ2v) is 8.26. The van der Waals surface area contributed by atoms with E-state index in [0.29, 0.717) is 5.56 Å². The van der Waals surface area contributed by atoms with Gasteiger partial charge >= 0.3 is 13.3 Å². The van der Waals surface area contributed by atoms with Crippen LogP contribution in [0.1, 0.15) is 33.3 Å². The van der Waals surface area contributed by atoms with E-state index < -0.39 is 32.4 Å². The molecule has 0 aliphatic carbocycles. The fraction of sp³-hybridized carbons (Fsp3) is 0.750. The highest BCUT2D eigenvalue weighted by Crippen LogP contribution is 2.50. The van der Waals surface area contributed by atoms with E-state index >= 15 is 0 Å². The first-order valence-electron chi connectivity index (χ1n) is 8.35. The third-order valence-electron chi connectivity index (χ3n) is 3.11. The molecule has 0 radical (unpaired) electrons. The molecule has 0 aromatic carbocycles. The molecule has 1 aromatic heterocycles. The molecule has 8 nitrogen and oxygen atoms in total. The van der Waals surface area contributed by atoms with Gasteiger partial charge in [-0.1, -0.05) is 0 Å². The van der Waals surface area contributed by atoms with Crippen LogP contribution in [0.5, 0.6) is 5.88 Å². The van der Waals surface area contributed by atoms with Crippen LogP contribution in [0, 0.1) is 6.92 Å². The predicted octanol–water partition coefficient (Wildman–Crippen LogP) is 2.92. The van der Waals surface area contributed by atoms with Crippen molar-refractivity contribution in [2.75, 3.05) is 20.1 Å². The lowest BCUT2D eigenvalue weighted by atomic mass is 10.3. The fourth-order valence-electron chi connectivity index (χ4n) is 2.21. The van der Waals surface area contributed by atoms with Crippen LogP contribution in [-0.4, -0.2) is 48.0 Å². The van der Waals surface area contributed by atoms with Crippen molar-refractivity contribution in [2.24, 2.45) is 0 Å². The summed E-state index contributed by atoms with van der Waals surface area (Å²) in [5.41, 5.74) is 0.0382. The first-order chi connectivity index (χ1) is 12.1. The Morgan fingerprint density at radius 2 is 1.81 bits per heavy atom. The maximum Gasteiger partial charge on any atom is 0.356 e. The van der Waals surface area contributed by atoms with Gasteiger partial charge < -0.3 is 18.5 Å². The number of halogens is 1. The quantitative estimate of drug-likeness (QED) is 0.533. The van der Waals surface area contributed by atoms with Gasteiger partial charge in [0.1, 0.15) is 19.1 Å². The lowest BCUT2D eigenvalue weighted by Gasteiger charge is -2.24. The molecule has 0 saturated heterocycles. The zero-order chi connectivity index (χ0) is 19.9. The van der Waals surface area contributed by atoms with Gasteiger partial charge in [0, 0.05) is 11.8 Å². The largest absolute Gasteiger partial charge is 0.481 e. The van der Waals surface area contributed by atoms with Gasteiger partial charge in [0.25, 0.3) is 0 Å². The van der Waals surface area contributed by atoms with Crippen LogP contribution in [0.25, 0.3) is 0 Å². The van der Waals surface area contributed by atoms with Gasteiger partial charge in [-0.25, -0.2) is 9.18 Å². The van der Waals surface area contributed by atoms with Crippen molar-refractivity contribution in [3.05, 3.63) is 22.2 Å². The van der Waals surface area contributed by atoms with Crippen LogP contribution in [0.2, 0.25) is 0 Å². The summed E-state index contributed by atoms with van der Waals surface area (Å²) >= 11 is 0. The first kappa shape index (κ1) is 22.8. The fourth-order valence-corrected chi connectivity index (χ4v) is 4.06. The van der Waals surface area contributed by atoms with E-state index in [1.165, 1.54) is 17.9 Å². The monoisotopic (exact) mass is 394 g/mol. The summed E-state index contributed by atoms with van der Waals surface area (Å²) in [6, 6.07) is 0. The molecular weight excluding hydrogens is 366 g/mol. The molecule has 0 bridgehead atoms. The number of alkyl halides is 1. The molecule has 0 N–H and O–H groups in total. The summed E-state index contributed by atoms with van der Waals surface area (Å²) in [6.07, 6.45) is -0.585. The van der Waals surface area contributed by atoms with Crippen molar-refractivity contribution >= 4 is 7.60 Å². The van der Waals surface area contributed by atoms with E-state index in [9.17, 15) is 13.8 Å². The van der Waals surface area contributed by atoms with E-state index in [-0.39, 0.29) is 24.6 Å². The highest BCUT2D eigenvalue weighted by molar-refractivity contribution is 7.53. The molecule has 0 fully saturated rings. The van der Waals surface area contributed by atoms with Crippen molar-refractivity contribution in [1.29, 1.82) is 0 Å². The molecule has 0 saturated carbocycles. The molecule has 1 heterocycles. The van der Waals surface area contributed by atoms with Crippen molar-refractivity contribution in [3.8, 4) is 5.88 Å². The SMILES string of the molecule is COc1nc(=O)n(C[C@@H](CF)OCP(=O)(OC(C)C)OC(C)C)cc1C. The lowest BCUT2D eigenvalue weighted by molar-refractivity contribution is 0.0298. The summed E-state index contributed by atoms with van der Waals surface area (Å²) in [6.45, 7) is 7.62. The summed E-state index contributed by atoms with van der Waals surface area (Å²) in [5.74, 6) is 0.212. The van der Waals surface area contributed by atoms with Crippen LogP contribution < -0.4 is 10.4 Å². The Bertz CT molecular complexity index is 665. The molecule has 0 aliphatic heterocycles. The summed E-state index contributed by atoms with van der Waals surface area (Å²) < 4.78 is 48.4. The summed E-state index contributed by atoms with van der Waals surface area (Å²) in [4.78, 5) is 15.8. The van der Waals surface area contributed by atoms with Crippen LogP contribution >= 0.6 is 7.60 Å². The maximum absolute atomic E-state index is 13.4. The minimum absolute atomic E-state index is 0.0868. The Hall–Kier alpha value is -1.28. The molecule has 150 valence electrons. The molecule has 0 unspecified atom stereocenters. The number of aromatic nitrogens is 2. The van der Waals surface area contributed by atoms with Crippen molar-refractivity contribution in [1.82, 2.24) is 9.55 Å². The Morgan fingerprint density at radius 1 is 1.23 bits per heavy atom. The normalized spacial score (nSPS) is 13.4. The van der Waals surface area contributed by atoms with Crippen LogP contribution in [-0.2, 0) is 24.9 Å². The van der Waals surface area contributed by atoms with Gasteiger partial charge in [-0.3, -0.25) is 9.13 Å². The molecule has 0 spiro atoms. The molecule has 0 amide bonds. The Labute approximate surface area is 153 Å². The Balaban J connectivity index is 2.85. The topological polar surface area (TPSA) is 88.9 Å². The zero-order valence-corrected chi connectivity index (χ0v) is 17.0. The molecular formula is C16H28FN2O6P. The number of hydrogen-bond donors (Lipinski definition) is 0. The van der Waals surface area contributed by atoms with E-state index in [1.54, 1.807) is 34.6 Å². The summed E-state index contributed by atoms with van der Waals surface area (Å²) in [5, 5.41) is 0. The number of rotatable bonds is 11. The van der Waals surface area contributed by atoms with Crippen molar-refractivity contribution in [2.45, 2.75) is 59.5 Å². The van der Waals surface area contributed by atoms with Gasteiger partial charge in [0.2, 0.25) is 5.88 Å². The van der Waals surface area contributed by atoms with Crippen LogP contribution in [0.4, 0.5) is 4.39 Å². The zero-order valence-electron chi connectivity index (χ0n) is 16.1. The predicted molar refractivity (Wildman–Crippen MR) is 95.5 cm³/mol. The smallest absolute Gasteiger partial charge is 0.356 e. The van der Waals surface area contributed by atoms with Gasteiger partial charge in [0.05, 0.1) is 25.9 Å². The highest BCUT2D eigenvalue weighted by Gasteiger charge is 2.30. The summed E-state index contributed by atoms with van der Waals surface area (Å²) in [7, 11) is -2.14. The number of nitrogens with zero attached hydrogens (tertiary/aromatic N) is 2. The van der Waals surface area contributed by atoms with Gasteiger partial charge in [-0.05, 0) is 34.6 Å². The molecule has 10 heteroatoms. The number of aryl methyl sites for hydroxylation is 1. The van der Waals surface area contributed by atoms with Crippen LogP contribution in [0.3, 0.4) is 0 Å². The van der Waals surface area contributed by atoms with Crippen LogP contribution in [0.15, 0.2) is 11.0 Å². The average Bonchev–Trinajstić information content (AvgIpc) is 2.52. The molecule has 1 aromatic rings. The average molecular weight is 394 g/mol. The molecule has 1 atom stereocenters. The van der Waals surface area contributed by atoms with Gasteiger partial charge in [-0.2, -0.15) is 4.98 Å². The lowest BCUT2D eigenvalue weighted by Crippen LogP contribution is -2.31. The number of hydrogen-bond acceptors (Lipinski definition) is 7.